The summed E-state index contributed by atoms with van der Waals surface area (Å²) in [7, 11) is 0. The second-order valence-corrected chi connectivity index (χ2v) is 17.9. The highest BCUT2D eigenvalue weighted by Gasteiger charge is 2.29. The number of furan rings is 1. The molecule has 2 aliphatic carbocycles. The lowest BCUT2D eigenvalue weighted by molar-refractivity contribution is 0.611. The first-order valence-electron chi connectivity index (χ1n) is 23.6. The van der Waals surface area contributed by atoms with Gasteiger partial charge in [-0.3, -0.25) is 0 Å². The molecule has 2 heteroatoms. The summed E-state index contributed by atoms with van der Waals surface area (Å²) < 4.78 is 6.33. The summed E-state index contributed by atoms with van der Waals surface area (Å²) in [5, 5.41) is 4.94. The number of benzene rings is 9. The number of hydrogen-bond donors (Lipinski definition) is 0. The Morgan fingerprint density at radius 1 is 0.478 bits per heavy atom. The van der Waals surface area contributed by atoms with Crippen LogP contribution in [-0.2, 0) is 0 Å². The largest absolute Gasteiger partial charge is 0.456 e. The van der Waals surface area contributed by atoms with Gasteiger partial charge in [-0.05, 0) is 127 Å². The molecule has 2 aliphatic rings. The van der Waals surface area contributed by atoms with Crippen molar-refractivity contribution in [1.82, 2.24) is 0 Å². The molecule has 0 saturated heterocycles. The fraction of sp³-hybridized carbons (Fsp3) is 0.0769. The molecule has 2 nitrogen and oxygen atoms in total. The van der Waals surface area contributed by atoms with E-state index >= 15 is 0 Å². The van der Waals surface area contributed by atoms with E-state index in [0.717, 1.165) is 46.0 Å². The number of fused-ring (bicyclic) bond motifs is 4. The van der Waals surface area contributed by atoms with Gasteiger partial charge in [0.25, 0.3) is 0 Å². The Balaban J connectivity index is 0.998. The molecule has 1 heterocycles. The standard InChI is InChI=1S/C65H49NO/c1-44-42-50(51-36-40-53(45-18-5-2-6-19-45)59(43-51)47-22-9-4-10-23-47)37-41-60(44)66(52-38-34-48(35-39-52)55-29-17-33-63-65(55)58-27-12-14-32-62(58)67-63)61-31-13-11-26-56(61)57-30-16-25-49-24-15-28-54(64(49)57)46-20-7-3-8-21-46/h2-15,17-29,31-44,60H,16,30H2,1H3. The van der Waals surface area contributed by atoms with Gasteiger partial charge in [-0.2, -0.15) is 0 Å². The van der Waals surface area contributed by atoms with E-state index in [1.165, 1.54) is 77.3 Å². The van der Waals surface area contributed by atoms with E-state index in [1.54, 1.807) is 0 Å². The molecule has 0 amide bonds. The van der Waals surface area contributed by atoms with Crippen LogP contribution in [0.2, 0.25) is 0 Å². The van der Waals surface area contributed by atoms with Crippen LogP contribution in [0.4, 0.5) is 11.4 Å². The van der Waals surface area contributed by atoms with Crippen molar-refractivity contribution in [1.29, 1.82) is 0 Å². The minimum atomic E-state index is 0.0359. The molecular formula is C65H49NO. The fourth-order valence-electron chi connectivity index (χ4n) is 10.7. The molecule has 0 radical (unpaired) electrons. The summed E-state index contributed by atoms with van der Waals surface area (Å²) in [4.78, 5) is 2.60. The second-order valence-electron chi connectivity index (χ2n) is 17.9. The first-order valence-corrected chi connectivity index (χ1v) is 23.6. The molecule has 0 bridgehead atoms. The van der Waals surface area contributed by atoms with Crippen LogP contribution in [-0.4, -0.2) is 6.04 Å². The fourth-order valence-corrected chi connectivity index (χ4v) is 10.7. The molecule has 1 aromatic heterocycles. The molecule has 0 spiro atoms. The van der Waals surface area contributed by atoms with Crippen LogP contribution >= 0.6 is 0 Å². The van der Waals surface area contributed by atoms with E-state index in [2.05, 4.69) is 248 Å². The van der Waals surface area contributed by atoms with Gasteiger partial charge in [0.1, 0.15) is 11.2 Å². The van der Waals surface area contributed by atoms with Gasteiger partial charge in [-0.25, -0.2) is 0 Å². The summed E-state index contributed by atoms with van der Waals surface area (Å²) in [6.45, 7) is 2.38. The van der Waals surface area contributed by atoms with Crippen LogP contribution in [0.1, 0.15) is 30.9 Å². The molecule has 2 unspecified atom stereocenters. The maximum atomic E-state index is 6.33. The van der Waals surface area contributed by atoms with E-state index in [0.29, 0.717) is 0 Å². The van der Waals surface area contributed by atoms with Gasteiger partial charge in [0.2, 0.25) is 0 Å². The first kappa shape index (κ1) is 40.3. The number of rotatable bonds is 9. The van der Waals surface area contributed by atoms with Crippen molar-refractivity contribution < 1.29 is 4.42 Å². The molecule has 0 N–H and O–H groups in total. The molecule has 2 atom stereocenters. The van der Waals surface area contributed by atoms with Crippen molar-refractivity contribution in [3.63, 3.8) is 0 Å². The van der Waals surface area contributed by atoms with Gasteiger partial charge >= 0.3 is 0 Å². The predicted molar refractivity (Wildman–Crippen MR) is 282 cm³/mol. The highest BCUT2D eigenvalue weighted by Crippen LogP contribution is 2.43. The monoisotopic (exact) mass is 859 g/mol. The minimum absolute atomic E-state index is 0.0359. The Kier molecular flexibility index (Phi) is 10.4. The molecule has 0 saturated carbocycles. The third-order valence-corrected chi connectivity index (χ3v) is 13.9. The van der Waals surface area contributed by atoms with Crippen molar-refractivity contribution in [2.75, 3.05) is 4.90 Å². The highest BCUT2D eigenvalue weighted by molar-refractivity contribution is 6.12. The SMILES string of the molecule is CC1C=C(c2ccc(-c3ccccc3)c(-c3ccccc3)c2)C=CC1N(c1ccc(-c2cccc3oc4ccccc4c23)cc1)c1ccccc1C1=c2c(-c3ccccc3)cccc2=CCC1. The Morgan fingerprint density at radius 2 is 1.07 bits per heavy atom. The summed E-state index contributed by atoms with van der Waals surface area (Å²) >= 11 is 0. The molecule has 10 aromatic rings. The first-order chi connectivity index (χ1) is 33.2. The maximum Gasteiger partial charge on any atom is 0.136 e. The lowest BCUT2D eigenvalue weighted by Crippen LogP contribution is -2.37. The molecule has 320 valence electrons. The molecule has 9 aromatic carbocycles. The van der Waals surface area contributed by atoms with Crippen LogP contribution in [0, 0.1) is 5.92 Å². The molecule has 0 fully saturated rings. The van der Waals surface area contributed by atoms with Gasteiger partial charge in [-0.15, -0.1) is 0 Å². The number of nitrogens with zero attached hydrogens (tertiary/aromatic N) is 1. The average molecular weight is 860 g/mol. The average Bonchev–Trinajstić information content (AvgIpc) is 3.79. The maximum absolute atomic E-state index is 6.33. The zero-order valence-electron chi connectivity index (χ0n) is 37.5. The Labute approximate surface area is 392 Å². The zero-order chi connectivity index (χ0) is 44.7. The second kappa shape index (κ2) is 17.3. The van der Waals surface area contributed by atoms with E-state index in [9.17, 15) is 0 Å². The van der Waals surface area contributed by atoms with Crippen molar-refractivity contribution >= 4 is 50.5 Å². The van der Waals surface area contributed by atoms with Gasteiger partial charge in [0.05, 0.1) is 6.04 Å². The third-order valence-electron chi connectivity index (χ3n) is 13.9. The summed E-state index contributed by atoms with van der Waals surface area (Å²) in [5.74, 6) is 0.171. The van der Waals surface area contributed by atoms with Crippen molar-refractivity contribution in [2.24, 2.45) is 5.92 Å². The van der Waals surface area contributed by atoms with Crippen LogP contribution < -0.4 is 15.3 Å². The van der Waals surface area contributed by atoms with E-state index in [1.807, 2.05) is 6.07 Å². The van der Waals surface area contributed by atoms with E-state index in [4.69, 9.17) is 4.42 Å². The minimum Gasteiger partial charge on any atom is -0.456 e. The third kappa shape index (κ3) is 7.41. The Morgan fingerprint density at radius 3 is 1.84 bits per heavy atom. The highest BCUT2D eigenvalue weighted by atomic mass is 16.3. The van der Waals surface area contributed by atoms with Gasteiger partial charge in [0.15, 0.2) is 0 Å². The normalized spacial score (nSPS) is 15.5. The summed E-state index contributed by atoms with van der Waals surface area (Å²) in [5.41, 5.74) is 19.1. The number of hydrogen-bond acceptors (Lipinski definition) is 2. The number of anilines is 2. The topological polar surface area (TPSA) is 16.4 Å². The van der Waals surface area contributed by atoms with Gasteiger partial charge in [-0.1, -0.05) is 213 Å². The van der Waals surface area contributed by atoms with Crippen molar-refractivity contribution in [3.05, 3.63) is 258 Å². The van der Waals surface area contributed by atoms with Crippen molar-refractivity contribution in [2.45, 2.75) is 25.8 Å². The predicted octanol–water partition coefficient (Wildman–Crippen LogP) is 15.8. The van der Waals surface area contributed by atoms with Crippen LogP contribution in [0.3, 0.4) is 0 Å². The lowest BCUT2D eigenvalue weighted by Gasteiger charge is -2.38. The van der Waals surface area contributed by atoms with Gasteiger partial charge < -0.3 is 9.32 Å². The van der Waals surface area contributed by atoms with E-state index < -0.39 is 0 Å². The van der Waals surface area contributed by atoms with Gasteiger partial charge in [0, 0.05) is 27.7 Å². The van der Waals surface area contributed by atoms with Crippen LogP contribution in [0.5, 0.6) is 0 Å². The van der Waals surface area contributed by atoms with Crippen LogP contribution in [0.25, 0.3) is 83.7 Å². The summed E-state index contributed by atoms with van der Waals surface area (Å²) in [6, 6.07) is 79.4. The zero-order valence-corrected chi connectivity index (χ0v) is 37.5. The number of allylic oxidation sites excluding steroid dienone is 2. The molecule has 0 aliphatic heterocycles. The quantitative estimate of drug-likeness (QED) is 0.144. The smallest absolute Gasteiger partial charge is 0.136 e. The van der Waals surface area contributed by atoms with Crippen LogP contribution in [0.15, 0.2) is 241 Å². The molecule has 67 heavy (non-hydrogen) atoms. The Hall–Kier alpha value is -8.20. The number of para-hydroxylation sites is 2. The van der Waals surface area contributed by atoms with Crippen molar-refractivity contribution in [3.8, 4) is 44.5 Å². The molecule has 12 rings (SSSR count). The van der Waals surface area contributed by atoms with E-state index in [-0.39, 0.29) is 12.0 Å². The summed E-state index contributed by atoms with van der Waals surface area (Å²) in [6.07, 6.45) is 11.7. The Bertz CT molecular complexity index is 3640. The lowest BCUT2D eigenvalue weighted by atomic mass is 9.85. The molecular weight excluding hydrogens is 811 g/mol.